The van der Waals surface area contributed by atoms with Crippen LogP contribution < -0.4 is 0 Å². The van der Waals surface area contributed by atoms with E-state index in [2.05, 4.69) is 10.2 Å². The molecule has 1 amide bonds. The molecular weight excluding hydrogens is 234 g/mol. The van der Waals surface area contributed by atoms with Crippen molar-refractivity contribution in [2.45, 2.75) is 0 Å². The highest BCUT2D eigenvalue weighted by atomic mass is 16.3. The molecule has 0 atom stereocenters. The van der Waals surface area contributed by atoms with Gasteiger partial charge in [-0.1, -0.05) is 6.07 Å². The Kier molecular flexibility index (Phi) is 3.91. The van der Waals surface area contributed by atoms with Gasteiger partial charge in [0.2, 0.25) is 0 Å². The zero-order valence-corrected chi connectivity index (χ0v) is 9.83. The number of fused-ring (bicyclic) bond motifs is 1. The molecule has 0 aliphatic carbocycles. The summed E-state index contributed by atoms with van der Waals surface area (Å²) in [6.07, 6.45) is 1.68. The normalized spacial score (nSPS) is 10.8. The average Bonchev–Trinajstić information content (AvgIpc) is 2.84. The van der Waals surface area contributed by atoms with Crippen molar-refractivity contribution in [3.05, 3.63) is 30.0 Å². The molecule has 0 fully saturated rings. The highest BCUT2D eigenvalue weighted by Crippen LogP contribution is 2.14. The lowest BCUT2D eigenvalue weighted by Gasteiger charge is -2.20. The number of aromatic nitrogens is 2. The zero-order chi connectivity index (χ0) is 13.0. The van der Waals surface area contributed by atoms with Crippen LogP contribution in [-0.4, -0.2) is 57.5 Å². The maximum Gasteiger partial charge on any atom is 0.254 e. The minimum absolute atomic E-state index is 0.127. The van der Waals surface area contributed by atoms with E-state index in [0.717, 1.165) is 10.9 Å². The van der Waals surface area contributed by atoms with E-state index < -0.39 is 0 Å². The number of benzene rings is 1. The Hall–Kier alpha value is -1.92. The molecule has 0 unspecified atom stereocenters. The number of nitrogens with one attached hydrogen (secondary N) is 1. The molecule has 0 saturated heterocycles. The zero-order valence-electron chi connectivity index (χ0n) is 9.83. The number of amides is 1. The summed E-state index contributed by atoms with van der Waals surface area (Å²) in [4.78, 5) is 13.6. The van der Waals surface area contributed by atoms with E-state index in [1.165, 1.54) is 4.90 Å². The molecule has 0 aliphatic heterocycles. The number of carbonyl (C=O) groups is 1. The fourth-order valence-corrected chi connectivity index (χ4v) is 1.81. The molecule has 2 rings (SSSR count). The molecule has 3 N–H and O–H groups in total. The third-order valence-corrected chi connectivity index (χ3v) is 2.72. The van der Waals surface area contributed by atoms with E-state index >= 15 is 0 Å². The maximum absolute atomic E-state index is 12.2. The molecule has 1 aromatic heterocycles. The molecule has 96 valence electrons. The topological polar surface area (TPSA) is 89.5 Å². The van der Waals surface area contributed by atoms with E-state index in [-0.39, 0.29) is 32.2 Å². The Bertz CT molecular complexity index is 532. The molecular formula is C12H15N3O3. The van der Waals surface area contributed by atoms with Gasteiger partial charge in [0.15, 0.2) is 0 Å². The number of hydrogen-bond acceptors (Lipinski definition) is 4. The molecule has 6 heteroatoms. The van der Waals surface area contributed by atoms with Gasteiger partial charge in [0, 0.05) is 24.0 Å². The molecule has 0 radical (unpaired) electrons. The molecule has 1 aromatic carbocycles. The predicted molar refractivity (Wildman–Crippen MR) is 66.2 cm³/mol. The SMILES string of the molecule is O=C(c1ccc2cn[nH]c2c1)N(CCO)CCO. The highest BCUT2D eigenvalue weighted by molar-refractivity contribution is 5.97. The van der Waals surface area contributed by atoms with Crippen LogP contribution >= 0.6 is 0 Å². The summed E-state index contributed by atoms with van der Waals surface area (Å²) in [7, 11) is 0. The summed E-state index contributed by atoms with van der Waals surface area (Å²) >= 11 is 0. The van der Waals surface area contributed by atoms with Crippen molar-refractivity contribution in [3.63, 3.8) is 0 Å². The van der Waals surface area contributed by atoms with Crippen molar-refractivity contribution >= 4 is 16.8 Å². The number of hydrogen-bond donors (Lipinski definition) is 3. The average molecular weight is 249 g/mol. The molecule has 0 spiro atoms. The van der Waals surface area contributed by atoms with Crippen LogP contribution in [0.25, 0.3) is 10.9 Å². The van der Waals surface area contributed by atoms with Gasteiger partial charge in [-0.05, 0) is 12.1 Å². The largest absolute Gasteiger partial charge is 0.395 e. The van der Waals surface area contributed by atoms with E-state index in [1.54, 1.807) is 18.3 Å². The van der Waals surface area contributed by atoms with Gasteiger partial charge in [0.05, 0.1) is 24.9 Å². The van der Waals surface area contributed by atoms with Crippen molar-refractivity contribution in [1.82, 2.24) is 15.1 Å². The second-order valence-electron chi connectivity index (χ2n) is 3.91. The van der Waals surface area contributed by atoms with Crippen LogP contribution in [0, 0.1) is 0 Å². The van der Waals surface area contributed by atoms with Gasteiger partial charge in [-0.15, -0.1) is 0 Å². The Labute approximate surface area is 104 Å². The summed E-state index contributed by atoms with van der Waals surface area (Å²) in [5, 5.41) is 25.4. The summed E-state index contributed by atoms with van der Waals surface area (Å²) in [6.45, 7) is 0.164. The molecule has 0 aliphatic rings. The van der Waals surface area contributed by atoms with Crippen molar-refractivity contribution in [2.24, 2.45) is 0 Å². The van der Waals surface area contributed by atoms with Gasteiger partial charge in [-0.3, -0.25) is 9.89 Å². The van der Waals surface area contributed by atoms with Crippen LogP contribution in [0.4, 0.5) is 0 Å². The number of aliphatic hydroxyl groups is 2. The predicted octanol–water partition coefficient (Wildman–Crippen LogP) is -0.0103. The number of carbonyl (C=O) groups excluding carboxylic acids is 1. The minimum atomic E-state index is -0.213. The summed E-state index contributed by atoms with van der Waals surface area (Å²) in [6, 6.07) is 5.23. The number of aliphatic hydroxyl groups excluding tert-OH is 2. The maximum atomic E-state index is 12.2. The van der Waals surface area contributed by atoms with E-state index in [9.17, 15) is 4.79 Å². The Morgan fingerprint density at radius 3 is 2.67 bits per heavy atom. The second-order valence-corrected chi connectivity index (χ2v) is 3.91. The molecule has 6 nitrogen and oxygen atoms in total. The minimum Gasteiger partial charge on any atom is -0.395 e. The van der Waals surface area contributed by atoms with Gasteiger partial charge >= 0.3 is 0 Å². The van der Waals surface area contributed by atoms with Crippen molar-refractivity contribution in [1.29, 1.82) is 0 Å². The summed E-state index contributed by atoms with van der Waals surface area (Å²) in [5.74, 6) is -0.213. The monoisotopic (exact) mass is 249 g/mol. The van der Waals surface area contributed by atoms with E-state index in [4.69, 9.17) is 10.2 Å². The first-order chi connectivity index (χ1) is 8.76. The van der Waals surface area contributed by atoms with Gasteiger partial charge in [-0.2, -0.15) is 5.10 Å². The lowest BCUT2D eigenvalue weighted by Crippen LogP contribution is -2.35. The first-order valence-corrected chi connectivity index (χ1v) is 5.70. The van der Waals surface area contributed by atoms with Crippen LogP contribution in [0.2, 0.25) is 0 Å². The van der Waals surface area contributed by atoms with E-state index in [1.807, 2.05) is 6.07 Å². The van der Waals surface area contributed by atoms with Crippen molar-refractivity contribution < 1.29 is 15.0 Å². The van der Waals surface area contributed by atoms with Crippen LogP contribution in [-0.2, 0) is 0 Å². The van der Waals surface area contributed by atoms with Crippen LogP contribution in [0.3, 0.4) is 0 Å². The van der Waals surface area contributed by atoms with Gasteiger partial charge < -0.3 is 15.1 Å². The molecule has 1 heterocycles. The lowest BCUT2D eigenvalue weighted by molar-refractivity contribution is 0.0685. The second kappa shape index (κ2) is 5.61. The Balaban J connectivity index is 2.24. The summed E-state index contributed by atoms with van der Waals surface area (Å²) in [5.41, 5.74) is 1.29. The first-order valence-electron chi connectivity index (χ1n) is 5.70. The first kappa shape index (κ1) is 12.5. The Morgan fingerprint density at radius 2 is 2.00 bits per heavy atom. The standard InChI is InChI=1S/C12H15N3O3/c16-5-3-15(4-6-17)12(18)9-1-2-10-8-13-14-11(10)7-9/h1-2,7-8,16-17H,3-6H2,(H,13,14). The highest BCUT2D eigenvalue weighted by Gasteiger charge is 2.15. The van der Waals surface area contributed by atoms with Crippen LogP contribution in [0.15, 0.2) is 24.4 Å². The van der Waals surface area contributed by atoms with Crippen molar-refractivity contribution in [3.8, 4) is 0 Å². The number of nitrogens with zero attached hydrogens (tertiary/aromatic N) is 2. The fraction of sp³-hybridized carbons (Fsp3) is 0.333. The lowest BCUT2D eigenvalue weighted by atomic mass is 10.1. The smallest absolute Gasteiger partial charge is 0.254 e. The molecule has 18 heavy (non-hydrogen) atoms. The quantitative estimate of drug-likeness (QED) is 0.695. The van der Waals surface area contributed by atoms with Crippen LogP contribution in [0.5, 0.6) is 0 Å². The fourth-order valence-electron chi connectivity index (χ4n) is 1.81. The van der Waals surface area contributed by atoms with E-state index in [0.29, 0.717) is 5.56 Å². The third kappa shape index (κ3) is 2.49. The number of aromatic amines is 1. The van der Waals surface area contributed by atoms with Crippen molar-refractivity contribution in [2.75, 3.05) is 26.3 Å². The molecule has 2 aromatic rings. The Morgan fingerprint density at radius 1 is 1.28 bits per heavy atom. The van der Waals surface area contributed by atoms with Crippen LogP contribution in [0.1, 0.15) is 10.4 Å². The number of rotatable bonds is 5. The molecule has 0 bridgehead atoms. The summed E-state index contributed by atoms with van der Waals surface area (Å²) < 4.78 is 0. The van der Waals surface area contributed by atoms with Gasteiger partial charge in [0.1, 0.15) is 0 Å². The molecule has 0 saturated carbocycles. The van der Waals surface area contributed by atoms with Gasteiger partial charge in [-0.25, -0.2) is 0 Å². The number of H-pyrrole nitrogens is 1. The third-order valence-electron chi connectivity index (χ3n) is 2.72. The van der Waals surface area contributed by atoms with Gasteiger partial charge in [0.25, 0.3) is 5.91 Å².